The fourth-order valence-corrected chi connectivity index (χ4v) is 2.41. The Morgan fingerprint density at radius 1 is 1.26 bits per heavy atom. The van der Waals surface area contributed by atoms with Gasteiger partial charge in [-0.05, 0) is 26.2 Å². The van der Waals surface area contributed by atoms with E-state index in [9.17, 15) is 4.79 Å². The third kappa shape index (κ3) is 2.11. The molecule has 0 atom stereocenters. The maximum Gasteiger partial charge on any atom is 0.354 e. The summed E-state index contributed by atoms with van der Waals surface area (Å²) in [6, 6.07) is 1.58. The number of anilines is 1. The van der Waals surface area contributed by atoms with Gasteiger partial charge in [-0.25, -0.2) is 9.78 Å². The molecule has 0 aromatic carbocycles. The fraction of sp³-hybridized carbons (Fsp3) is 0.500. The van der Waals surface area contributed by atoms with Crippen LogP contribution in [0.5, 0.6) is 0 Å². The SMILES string of the molecule is Cc1nc2nc(C(=O)O)cc(N3CCCCC3)n2n1. The van der Waals surface area contributed by atoms with E-state index in [0.717, 1.165) is 31.7 Å². The zero-order chi connectivity index (χ0) is 13.4. The lowest BCUT2D eigenvalue weighted by Crippen LogP contribution is -2.31. The number of piperidine rings is 1. The molecule has 19 heavy (non-hydrogen) atoms. The lowest BCUT2D eigenvalue weighted by atomic mass is 10.1. The van der Waals surface area contributed by atoms with Gasteiger partial charge in [0.1, 0.15) is 11.6 Å². The van der Waals surface area contributed by atoms with Crippen LogP contribution in [0.3, 0.4) is 0 Å². The summed E-state index contributed by atoms with van der Waals surface area (Å²) in [6.45, 7) is 3.60. The Kier molecular flexibility index (Phi) is 2.81. The second kappa shape index (κ2) is 4.49. The summed E-state index contributed by atoms with van der Waals surface area (Å²) < 4.78 is 1.63. The quantitative estimate of drug-likeness (QED) is 0.872. The molecule has 100 valence electrons. The van der Waals surface area contributed by atoms with Gasteiger partial charge < -0.3 is 10.0 Å². The lowest BCUT2D eigenvalue weighted by molar-refractivity contribution is 0.0690. The van der Waals surface area contributed by atoms with Crippen molar-refractivity contribution in [1.82, 2.24) is 19.6 Å². The van der Waals surface area contributed by atoms with Gasteiger partial charge >= 0.3 is 5.97 Å². The minimum Gasteiger partial charge on any atom is -0.477 e. The van der Waals surface area contributed by atoms with Crippen LogP contribution in [0.4, 0.5) is 5.82 Å². The molecule has 0 saturated carbocycles. The van der Waals surface area contributed by atoms with Crippen LogP contribution < -0.4 is 4.90 Å². The Bertz CT molecular complexity index is 630. The molecule has 0 spiro atoms. The van der Waals surface area contributed by atoms with Crippen molar-refractivity contribution in [2.45, 2.75) is 26.2 Å². The molecular weight excluding hydrogens is 246 g/mol. The number of aromatic nitrogens is 4. The van der Waals surface area contributed by atoms with Crippen molar-refractivity contribution < 1.29 is 9.90 Å². The third-order valence-corrected chi connectivity index (χ3v) is 3.30. The number of rotatable bonds is 2. The minimum atomic E-state index is -1.04. The van der Waals surface area contributed by atoms with Crippen LogP contribution in [0, 0.1) is 6.92 Å². The van der Waals surface area contributed by atoms with Crippen LogP contribution in [-0.2, 0) is 0 Å². The van der Waals surface area contributed by atoms with Crippen LogP contribution in [0.15, 0.2) is 6.07 Å². The van der Waals surface area contributed by atoms with Crippen LogP contribution in [-0.4, -0.2) is 43.7 Å². The number of carboxylic acids is 1. The molecule has 1 saturated heterocycles. The van der Waals surface area contributed by atoms with Gasteiger partial charge in [0.05, 0.1) is 0 Å². The minimum absolute atomic E-state index is 0.0143. The van der Waals surface area contributed by atoms with E-state index in [-0.39, 0.29) is 5.69 Å². The maximum absolute atomic E-state index is 11.1. The zero-order valence-electron chi connectivity index (χ0n) is 10.7. The fourth-order valence-electron chi connectivity index (χ4n) is 2.41. The average Bonchev–Trinajstić information content (AvgIpc) is 2.78. The Hall–Kier alpha value is -2.18. The largest absolute Gasteiger partial charge is 0.477 e. The molecule has 3 heterocycles. The van der Waals surface area contributed by atoms with Gasteiger partial charge in [-0.2, -0.15) is 9.50 Å². The zero-order valence-corrected chi connectivity index (χ0v) is 10.7. The smallest absolute Gasteiger partial charge is 0.354 e. The molecule has 0 aliphatic carbocycles. The third-order valence-electron chi connectivity index (χ3n) is 3.30. The molecule has 0 amide bonds. The number of aryl methyl sites for hydroxylation is 1. The predicted octanol–water partition coefficient (Wildman–Crippen LogP) is 1.12. The summed E-state index contributed by atoms with van der Waals surface area (Å²) in [5, 5.41) is 13.4. The number of carboxylic acid groups (broad SMARTS) is 1. The maximum atomic E-state index is 11.1. The van der Waals surface area contributed by atoms with E-state index in [2.05, 4.69) is 20.0 Å². The lowest BCUT2D eigenvalue weighted by Gasteiger charge is -2.28. The average molecular weight is 261 g/mol. The molecule has 2 aromatic heterocycles. The molecule has 2 aromatic rings. The van der Waals surface area contributed by atoms with Gasteiger partial charge in [0.15, 0.2) is 5.69 Å². The van der Waals surface area contributed by atoms with Crippen molar-refractivity contribution in [3.8, 4) is 0 Å². The highest BCUT2D eigenvalue weighted by Crippen LogP contribution is 2.21. The van der Waals surface area contributed by atoms with Crippen LogP contribution in [0.25, 0.3) is 5.78 Å². The summed E-state index contributed by atoms with van der Waals surface area (Å²) in [7, 11) is 0. The molecule has 0 radical (unpaired) electrons. The highest BCUT2D eigenvalue weighted by Gasteiger charge is 2.19. The number of nitrogens with zero attached hydrogens (tertiary/aromatic N) is 5. The summed E-state index contributed by atoms with van der Waals surface area (Å²) in [5.74, 6) is 0.662. The summed E-state index contributed by atoms with van der Waals surface area (Å²) in [5.41, 5.74) is 0.0143. The van der Waals surface area contributed by atoms with Crippen molar-refractivity contribution in [2.24, 2.45) is 0 Å². The van der Waals surface area contributed by atoms with Crippen LogP contribution >= 0.6 is 0 Å². The van der Waals surface area contributed by atoms with Crippen molar-refractivity contribution >= 4 is 17.6 Å². The van der Waals surface area contributed by atoms with Crippen molar-refractivity contribution in [2.75, 3.05) is 18.0 Å². The van der Waals surface area contributed by atoms with Gasteiger partial charge in [0.25, 0.3) is 5.78 Å². The Morgan fingerprint density at radius 3 is 2.68 bits per heavy atom. The summed E-state index contributed by atoms with van der Waals surface area (Å²) >= 11 is 0. The number of aromatic carboxylic acids is 1. The van der Waals surface area contributed by atoms with E-state index in [1.54, 1.807) is 17.5 Å². The van der Waals surface area contributed by atoms with E-state index in [0.29, 0.717) is 11.6 Å². The second-order valence-corrected chi connectivity index (χ2v) is 4.72. The Labute approximate surface area is 109 Å². The van der Waals surface area contributed by atoms with Crippen LogP contribution in [0.1, 0.15) is 35.6 Å². The van der Waals surface area contributed by atoms with Gasteiger partial charge in [0.2, 0.25) is 0 Å². The first-order valence-corrected chi connectivity index (χ1v) is 6.38. The molecule has 7 heteroatoms. The van der Waals surface area contributed by atoms with Gasteiger partial charge in [-0.1, -0.05) is 0 Å². The highest BCUT2D eigenvalue weighted by atomic mass is 16.4. The monoisotopic (exact) mass is 261 g/mol. The highest BCUT2D eigenvalue weighted by molar-refractivity contribution is 5.86. The predicted molar refractivity (Wildman–Crippen MR) is 68.5 cm³/mol. The first-order valence-electron chi connectivity index (χ1n) is 6.38. The first-order chi connectivity index (χ1) is 9.15. The van der Waals surface area contributed by atoms with E-state index in [4.69, 9.17) is 5.11 Å². The van der Waals surface area contributed by atoms with E-state index in [1.807, 2.05) is 0 Å². The Balaban J connectivity index is 2.16. The molecule has 3 rings (SSSR count). The van der Waals surface area contributed by atoms with Crippen molar-refractivity contribution in [3.05, 3.63) is 17.6 Å². The van der Waals surface area contributed by atoms with Crippen molar-refractivity contribution in [1.29, 1.82) is 0 Å². The second-order valence-electron chi connectivity index (χ2n) is 4.72. The summed E-state index contributed by atoms with van der Waals surface area (Å²) in [4.78, 5) is 21.5. The normalized spacial score (nSPS) is 15.9. The molecule has 7 nitrogen and oxygen atoms in total. The van der Waals surface area contributed by atoms with Gasteiger partial charge in [0, 0.05) is 19.2 Å². The number of hydrogen-bond donors (Lipinski definition) is 1. The van der Waals surface area contributed by atoms with E-state index in [1.165, 1.54) is 6.42 Å². The topological polar surface area (TPSA) is 83.6 Å². The van der Waals surface area contributed by atoms with E-state index >= 15 is 0 Å². The molecule has 0 bridgehead atoms. The molecule has 1 fully saturated rings. The summed E-state index contributed by atoms with van der Waals surface area (Å²) in [6.07, 6.45) is 3.44. The van der Waals surface area contributed by atoms with E-state index < -0.39 is 5.97 Å². The number of fused-ring (bicyclic) bond motifs is 1. The first kappa shape index (κ1) is 11.9. The Morgan fingerprint density at radius 2 is 2.00 bits per heavy atom. The molecule has 0 unspecified atom stereocenters. The van der Waals surface area contributed by atoms with Crippen molar-refractivity contribution in [3.63, 3.8) is 0 Å². The number of hydrogen-bond acceptors (Lipinski definition) is 5. The molecular formula is C12H15N5O2. The van der Waals surface area contributed by atoms with Crippen LogP contribution in [0.2, 0.25) is 0 Å². The number of carbonyl (C=O) groups is 1. The standard InChI is InChI=1S/C12H15N5O2/c1-8-13-12-14-9(11(18)19)7-10(17(12)15-8)16-5-3-2-4-6-16/h7H,2-6H2,1H3,(H,18,19). The van der Waals surface area contributed by atoms with Gasteiger partial charge in [-0.15, -0.1) is 5.10 Å². The molecule has 1 N–H and O–H groups in total. The molecule has 1 aliphatic heterocycles. The van der Waals surface area contributed by atoms with Gasteiger partial charge in [-0.3, -0.25) is 0 Å². The molecule has 1 aliphatic rings.